The van der Waals surface area contributed by atoms with Crippen LogP contribution in [-0.2, 0) is 16.0 Å². The Morgan fingerprint density at radius 3 is 2.32 bits per heavy atom. The van der Waals surface area contributed by atoms with Crippen LogP contribution in [0.1, 0.15) is 22.1 Å². The lowest BCUT2D eigenvalue weighted by Crippen LogP contribution is -2.19. The van der Waals surface area contributed by atoms with Gasteiger partial charge < -0.3 is 15.2 Å². The van der Waals surface area contributed by atoms with Crippen LogP contribution in [0.2, 0.25) is 5.02 Å². The van der Waals surface area contributed by atoms with Gasteiger partial charge in [0.15, 0.2) is 5.82 Å². The van der Waals surface area contributed by atoms with Crippen molar-refractivity contribution in [3.8, 4) is 0 Å². The van der Waals surface area contributed by atoms with Gasteiger partial charge in [-0.1, -0.05) is 59.2 Å². The summed E-state index contributed by atoms with van der Waals surface area (Å²) >= 11 is 7.31. The van der Waals surface area contributed by atoms with E-state index in [0.29, 0.717) is 22.3 Å². The molecule has 0 aliphatic carbocycles. The number of nitrogens with zero attached hydrogens (tertiary/aromatic N) is 1. The van der Waals surface area contributed by atoms with E-state index >= 15 is 0 Å². The van der Waals surface area contributed by atoms with Crippen LogP contribution in [-0.4, -0.2) is 17.0 Å². The van der Waals surface area contributed by atoms with E-state index in [1.807, 2.05) is 66.7 Å². The molecule has 34 heavy (non-hydrogen) atoms. The van der Waals surface area contributed by atoms with Gasteiger partial charge in [-0.3, -0.25) is 9.59 Å². The molecule has 8 heteroatoms. The van der Waals surface area contributed by atoms with Crippen LogP contribution in [0.3, 0.4) is 0 Å². The molecule has 0 radical (unpaired) electrons. The van der Waals surface area contributed by atoms with Crippen molar-refractivity contribution in [2.24, 2.45) is 0 Å². The number of rotatable bonds is 8. The van der Waals surface area contributed by atoms with Crippen LogP contribution in [0.4, 0.5) is 11.5 Å². The van der Waals surface area contributed by atoms with Crippen LogP contribution in [0, 0.1) is 6.92 Å². The fourth-order valence-electron chi connectivity index (χ4n) is 3.26. The monoisotopic (exact) mass is 491 g/mol. The highest BCUT2D eigenvalue weighted by atomic mass is 35.5. The number of aromatic nitrogens is 1. The predicted molar refractivity (Wildman–Crippen MR) is 135 cm³/mol. The first-order valence-electron chi connectivity index (χ1n) is 10.6. The number of aryl methyl sites for hydroxylation is 1. The zero-order valence-corrected chi connectivity index (χ0v) is 19.9. The molecule has 1 heterocycles. The molecule has 0 aliphatic rings. The molecule has 6 nitrogen and oxygen atoms in total. The van der Waals surface area contributed by atoms with Crippen molar-refractivity contribution in [1.82, 2.24) is 5.16 Å². The molecular formula is C26H22ClN3O3S. The number of halogens is 1. The first-order valence-corrected chi connectivity index (χ1v) is 11.8. The van der Waals surface area contributed by atoms with Crippen LogP contribution < -0.4 is 10.6 Å². The molecule has 1 aromatic heterocycles. The van der Waals surface area contributed by atoms with Gasteiger partial charge in [0.1, 0.15) is 11.0 Å². The van der Waals surface area contributed by atoms with Gasteiger partial charge >= 0.3 is 0 Å². The molecule has 4 aromatic rings. The number of carbonyl (C=O) groups is 2. The van der Waals surface area contributed by atoms with Crippen LogP contribution in [0.25, 0.3) is 0 Å². The first kappa shape index (κ1) is 23.6. The Bertz CT molecular complexity index is 1260. The van der Waals surface area contributed by atoms with E-state index in [9.17, 15) is 9.59 Å². The van der Waals surface area contributed by atoms with Gasteiger partial charge in [0.2, 0.25) is 11.8 Å². The van der Waals surface area contributed by atoms with E-state index in [1.165, 1.54) is 11.8 Å². The number of benzene rings is 3. The van der Waals surface area contributed by atoms with Gasteiger partial charge in [0, 0.05) is 21.7 Å². The molecule has 0 saturated heterocycles. The van der Waals surface area contributed by atoms with Gasteiger partial charge in [-0.15, -0.1) is 11.8 Å². The van der Waals surface area contributed by atoms with Gasteiger partial charge in [-0.25, -0.2) is 0 Å². The number of anilines is 2. The number of hydrogen-bond donors (Lipinski definition) is 2. The second kappa shape index (κ2) is 11.0. The number of nitrogens with one attached hydrogen (secondary N) is 2. The van der Waals surface area contributed by atoms with Crippen molar-refractivity contribution < 1.29 is 14.1 Å². The molecule has 3 aromatic carbocycles. The Hall–Kier alpha value is -3.55. The second-order valence-corrected chi connectivity index (χ2v) is 9.21. The summed E-state index contributed by atoms with van der Waals surface area (Å²) in [4.78, 5) is 26.3. The molecule has 0 bridgehead atoms. The summed E-state index contributed by atoms with van der Waals surface area (Å²) in [5, 5.41) is 9.70. The minimum atomic E-state index is -0.497. The fourth-order valence-corrected chi connectivity index (χ4v) is 4.41. The molecule has 2 amide bonds. The van der Waals surface area contributed by atoms with Crippen LogP contribution in [0.5, 0.6) is 0 Å². The minimum absolute atomic E-state index is 0.118. The van der Waals surface area contributed by atoms with E-state index in [2.05, 4.69) is 15.8 Å². The third-order valence-corrected chi connectivity index (χ3v) is 6.41. The molecule has 0 fully saturated rings. The molecule has 4 rings (SSSR count). The van der Waals surface area contributed by atoms with Gasteiger partial charge in [-0.05, 0) is 54.4 Å². The number of hydrogen-bond acceptors (Lipinski definition) is 5. The summed E-state index contributed by atoms with van der Waals surface area (Å²) < 4.78 is 5.04. The van der Waals surface area contributed by atoms with E-state index in [-0.39, 0.29) is 18.2 Å². The molecule has 1 unspecified atom stereocenters. The average molecular weight is 492 g/mol. The maximum absolute atomic E-state index is 13.1. The smallest absolute Gasteiger partial charge is 0.243 e. The van der Waals surface area contributed by atoms with Crippen molar-refractivity contribution in [2.45, 2.75) is 23.5 Å². The van der Waals surface area contributed by atoms with E-state index < -0.39 is 5.25 Å². The predicted octanol–water partition coefficient (Wildman–Crippen LogP) is 6.29. The highest BCUT2D eigenvalue weighted by Gasteiger charge is 2.23. The van der Waals surface area contributed by atoms with E-state index in [0.717, 1.165) is 16.0 Å². The molecule has 172 valence electrons. The van der Waals surface area contributed by atoms with Crippen molar-refractivity contribution in [3.05, 3.63) is 107 Å². The third kappa shape index (κ3) is 6.50. The Balaban J connectivity index is 1.42. The third-order valence-electron chi connectivity index (χ3n) is 4.89. The zero-order chi connectivity index (χ0) is 23.9. The highest BCUT2D eigenvalue weighted by Crippen LogP contribution is 2.36. The Morgan fingerprint density at radius 2 is 1.68 bits per heavy atom. The van der Waals surface area contributed by atoms with Crippen molar-refractivity contribution in [3.63, 3.8) is 0 Å². The Labute approximate surface area is 206 Å². The summed E-state index contributed by atoms with van der Waals surface area (Å²) in [7, 11) is 0. The van der Waals surface area contributed by atoms with Crippen molar-refractivity contribution >= 4 is 46.7 Å². The van der Waals surface area contributed by atoms with Gasteiger partial charge in [-0.2, -0.15) is 0 Å². The first-order chi connectivity index (χ1) is 16.5. The maximum atomic E-state index is 13.1. The lowest BCUT2D eigenvalue weighted by atomic mass is 10.1. The second-order valence-electron chi connectivity index (χ2n) is 7.60. The number of carbonyl (C=O) groups excluding carboxylic acids is 2. The number of thioether (sulfide) groups is 1. The van der Waals surface area contributed by atoms with E-state index in [4.69, 9.17) is 16.1 Å². The highest BCUT2D eigenvalue weighted by molar-refractivity contribution is 8.00. The van der Waals surface area contributed by atoms with Crippen LogP contribution in [0.15, 0.2) is 94.3 Å². The summed E-state index contributed by atoms with van der Waals surface area (Å²) in [6.45, 7) is 1.77. The maximum Gasteiger partial charge on any atom is 0.243 e. The molecule has 1 atom stereocenters. The largest absolute Gasteiger partial charge is 0.360 e. The fraction of sp³-hybridized carbons (Fsp3) is 0.115. The molecule has 0 aliphatic heterocycles. The summed E-state index contributed by atoms with van der Waals surface area (Å²) in [5.41, 5.74) is 2.43. The Morgan fingerprint density at radius 1 is 0.971 bits per heavy atom. The molecular weight excluding hydrogens is 470 g/mol. The normalized spacial score (nSPS) is 11.6. The SMILES string of the molecule is Cc1cc(NC(=O)C(Sc2ccc(NC(=O)Cc3ccc(Cl)cc3)cc2)c2ccccc2)no1. The minimum Gasteiger partial charge on any atom is -0.360 e. The van der Waals surface area contributed by atoms with Crippen LogP contribution >= 0.6 is 23.4 Å². The zero-order valence-electron chi connectivity index (χ0n) is 18.3. The number of amides is 2. The van der Waals surface area contributed by atoms with Crippen molar-refractivity contribution in [2.75, 3.05) is 10.6 Å². The quantitative estimate of drug-likeness (QED) is 0.283. The van der Waals surface area contributed by atoms with E-state index in [1.54, 1.807) is 25.1 Å². The lowest BCUT2D eigenvalue weighted by Gasteiger charge is -2.16. The average Bonchev–Trinajstić information content (AvgIpc) is 3.25. The molecule has 2 N–H and O–H groups in total. The standard InChI is InChI=1S/C26H22ClN3O3S/c1-17-15-23(30-33-17)29-26(32)25(19-5-3-2-4-6-19)34-22-13-11-21(12-14-22)28-24(31)16-18-7-9-20(27)10-8-18/h2-15,25H,16H2,1H3,(H,28,31)(H,29,30,32). The lowest BCUT2D eigenvalue weighted by molar-refractivity contribution is -0.116. The Kier molecular flexibility index (Phi) is 7.67. The summed E-state index contributed by atoms with van der Waals surface area (Å²) in [6, 6.07) is 25.8. The molecule has 0 spiro atoms. The topological polar surface area (TPSA) is 84.2 Å². The molecule has 0 saturated carbocycles. The van der Waals surface area contributed by atoms with Gasteiger partial charge in [0.25, 0.3) is 0 Å². The van der Waals surface area contributed by atoms with Crippen molar-refractivity contribution in [1.29, 1.82) is 0 Å². The summed E-state index contributed by atoms with van der Waals surface area (Å²) in [5.74, 6) is 0.674. The van der Waals surface area contributed by atoms with Gasteiger partial charge in [0.05, 0.1) is 6.42 Å². The summed E-state index contributed by atoms with van der Waals surface area (Å²) in [6.07, 6.45) is 0.255.